The Bertz CT molecular complexity index is 1490. The van der Waals surface area contributed by atoms with Crippen LogP contribution >= 0.6 is 0 Å². The number of hydrogen-bond donors (Lipinski definition) is 1. The number of benzene rings is 4. The van der Waals surface area contributed by atoms with Gasteiger partial charge in [0.2, 0.25) is 5.75 Å². The number of fused-ring (bicyclic) bond motifs is 1. The van der Waals surface area contributed by atoms with E-state index in [-0.39, 0.29) is 11.8 Å². The smallest absolute Gasteiger partial charge is 0.203 e. The quantitative estimate of drug-likeness (QED) is 0.311. The molecule has 1 heterocycles. The normalized spacial score (nSPS) is 14.8. The van der Waals surface area contributed by atoms with Crippen LogP contribution in [0.2, 0.25) is 0 Å². The van der Waals surface area contributed by atoms with Gasteiger partial charge < -0.3 is 28.8 Å². The third kappa shape index (κ3) is 4.28. The predicted octanol–water partition coefficient (Wildman–Crippen LogP) is 5.94. The second-order valence-electron chi connectivity index (χ2n) is 8.78. The molecule has 0 aromatic heterocycles. The topological polar surface area (TPSA) is 82.0 Å². The molecule has 1 atom stereocenters. The van der Waals surface area contributed by atoms with Crippen molar-refractivity contribution in [1.29, 1.82) is 0 Å². The molecule has 0 bridgehead atoms. The molecule has 1 N–H and O–H groups in total. The highest BCUT2D eigenvalue weighted by Crippen LogP contribution is 2.47. The lowest BCUT2D eigenvalue weighted by atomic mass is 9.93. The van der Waals surface area contributed by atoms with Crippen LogP contribution in [0, 0.1) is 0 Å². The summed E-state index contributed by atoms with van der Waals surface area (Å²) in [6.45, 7) is 0. The highest BCUT2D eigenvalue weighted by atomic mass is 16.5. The Kier molecular flexibility index (Phi) is 6.87. The SMILES string of the molecule is COc1ccc(O)c(C2=NN(c3cc(OC)c(OC)c(OC)c3)C(c3ccc(OC)c4ccccc34)C2)c1. The van der Waals surface area contributed by atoms with E-state index in [1.54, 1.807) is 53.7 Å². The summed E-state index contributed by atoms with van der Waals surface area (Å²) in [5, 5.41) is 19.8. The van der Waals surface area contributed by atoms with Crippen LogP contribution in [0.15, 0.2) is 71.8 Å². The highest BCUT2D eigenvalue weighted by molar-refractivity contribution is 6.06. The number of hydrogen-bond acceptors (Lipinski definition) is 8. The summed E-state index contributed by atoms with van der Waals surface area (Å²) in [4.78, 5) is 0. The van der Waals surface area contributed by atoms with Crippen LogP contribution in [0.25, 0.3) is 10.8 Å². The molecule has 8 nitrogen and oxygen atoms in total. The van der Waals surface area contributed by atoms with Gasteiger partial charge in [-0.3, -0.25) is 5.01 Å². The van der Waals surface area contributed by atoms with Crippen LogP contribution in [-0.2, 0) is 0 Å². The molecule has 0 saturated heterocycles. The number of aromatic hydroxyl groups is 1. The van der Waals surface area contributed by atoms with Gasteiger partial charge in [-0.15, -0.1) is 0 Å². The molecule has 196 valence electrons. The van der Waals surface area contributed by atoms with Crippen LogP contribution in [0.4, 0.5) is 5.69 Å². The molecular weight excluding hydrogens is 484 g/mol. The standard InChI is InChI=1S/C30H30N2O6/c1-34-19-10-12-26(33)23(16-19)24-17-25(21-11-13-27(35-2)22-9-7-6-8-20(21)22)32(31-24)18-14-28(36-3)30(38-5)29(15-18)37-4/h6-16,25,33H,17H2,1-5H3. The minimum absolute atomic E-state index is 0.134. The molecule has 1 aliphatic heterocycles. The first-order valence-corrected chi connectivity index (χ1v) is 12.1. The van der Waals surface area contributed by atoms with Crippen molar-refractivity contribution >= 4 is 22.2 Å². The fourth-order valence-electron chi connectivity index (χ4n) is 4.99. The number of phenolic OH excluding ortho intramolecular Hbond substituents is 1. The summed E-state index contributed by atoms with van der Waals surface area (Å²) < 4.78 is 27.9. The van der Waals surface area contributed by atoms with Crippen LogP contribution in [0.3, 0.4) is 0 Å². The Balaban J connectivity index is 1.72. The van der Waals surface area contributed by atoms with E-state index in [0.717, 1.165) is 33.5 Å². The lowest BCUT2D eigenvalue weighted by Crippen LogP contribution is -2.19. The molecule has 1 unspecified atom stereocenters. The van der Waals surface area contributed by atoms with E-state index < -0.39 is 0 Å². The van der Waals surface area contributed by atoms with Crippen molar-refractivity contribution in [2.75, 3.05) is 40.6 Å². The van der Waals surface area contributed by atoms with E-state index in [1.807, 2.05) is 41.4 Å². The number of hydrazone groups is 1. The van der Waals surface area contributed by atoms with E-state index in [9.17, 15) is 5.11 Å². The van der Waals surface area contributed by atoms with Crippen molar-refractivity contribution in [2.45, 2.75) is 12.5 Å². The van der Waals surface area contributed by atoms with Crippen LogP contribution in [0.5, 0.6) is 34.5 Å². The summed E-state index contributed by atoms with van der Waals surface area (Å²) in [7, 11) is 8.02. The largest absolute Gasteiger partial charge is 0.507 e. The zero-order chi connectivity index (χ0) is 26.8. The number of nitrogens with zero attached hydrogens (tertiary/aromatic N) is 2. The van der Waals surface area contributed by atoms with Crippen molar-refractivity contribution in [3.05, 3.63) is 77.9 Å². The van der Waals surface area contributed by atoms with Gasteiger partial charge >= 0.3 is 0 Å². The van der Waals surface area contributed by atoms with Crippen LogP contribution in [-0.4, -0.2) is 46.4 Å². The van der Waals surface area contributed by atoms with E-state index in [2.05, 4.69) is 12.1 Å². The number of rotatable bonds is 8. The monoisotopic (exact) mass is 514 g/mol. The molecule has 0 radical (unpaired) electrons. The second-order valence-corrected chi connectivity index (χ2v) is 8.78. The first-order valence-electron chi connectivity index (χ1n) is 12.1. The number of ether oxygens (including phenoxy) is 5. The lowest BCUT2D eigenvalue weighted by molar-refractivity contribution is 0.324. The van der Waals surface area contributed by atoms with E-state index >= 15 is 0 Å². The zero-order valence-electron chi connectivity index (χ0n) is 22.0. The third-order valence-electron chi connectivity index (χ3n) is 6.84. The molecule has 4 aromatic rings. The van der Waals surface area contributed by atoms with Gasteiger partial charge in [-0.2, -0.15) is 5.10 Å². The lowest BCUT2D eigenvalue weighted by Gasteiger charge is -2.27. The molecule has 0 amide bonds. The average Bonchev–Trinajstić information content (AvgIpc) is 3.40. The molecule has 0 fully saturated rings. The van der Waals surface area contributed by atoms with E-state index in [1.165, 1.54) is 0 Å². The molecule has 0 aliphatic carbocycles. The van der Waals surface area contributed by atoms with E-state index in [4.69, 9.17) is 28.8 Å². The van der Waals surface area contributed by atoms with Crippen molar-refractivity contribution < 1.29 is 28.8 Å². The van der Waals surface area contributed by atoms with Gasteiger partial charge in [0, 0.05) is 29.5 Å². The highest BCUT2D eigenvalue weighted by Gasteiger charge is 2.33. The van der Waals surface area contributed by atoms with Crippen molar-refractivity contribution in [3.8, 4) is 34.5 Å². The molecular formula is C30H30N2O6. The van der Waals surface area contributed by atoms with Gasteiger partial charge in [0.05, 0.1) is 53.0 Å². The van der Waals surface area contributed by atoms with Gasteiger partial charge in [0.15, 0.2) is 11.5 Å². The minimum atomic E-state index is -0.200. The molecule has 8 heteroatoms. The predicted molar refractivity (Wildman–Crippen MR) is 148 cm³/mol. The Morgan fingerprint density at radius 2 is 1.42 bits per heavy atom. The summed E-state index contributed by atoms with van der Waals surface area (Å²) in [6, 6.07) is 20.9. The van der Waals surface area contributed by atoms with Crippen LogP contribution < -0.4 is 28.7 Å². The van der Waals surface area contributed by atoms with Gasteiger partial charge in [-0.1, -0.05) is 30.3 Å². The molecule has 1 aliphatic rings. The number of anilines is 1. The molecule has 5 rings (SSSR count). The van der Waals surface area contributed by atoms with Crippen molar-refractivity contribution in [3.63, 3.8) is 0 Å². The maximum Gasteiger partial charge on any atom is 0.203 e. The number of phenols is 1. The minimum Gasteiger partial charge on any atom is -0.507 e. The first kappa shape index (κ1) is 25.1. The van der Waals surface area contributed by atoms with Crippen LogP contribution in [0.1, 0.15) is 23.6 Å². The maximum absolute atomic E-state index is 10.7. The third-order valence-corrected chi connectivity index (χ3v) is 6.84. The van der Waals surface area contributed by atoms with Crippen molar-refractivity contribution in [1.82, 2.24) is 0 Å². The molecule has 0 spiro atoms. The maximum atomic E-state index is 10.7. The Morgan fingerprint density at radius 3 is 2.05 bits per heavy atom. The molecule has 0 saturated carbocycles. The Labute approximate surface area is 221 Å². The van der Waals surface area contributed by atoms with Gasteiger partial charge in [0.1, 0.15) is 17.2 Å². The van der Waals surface area contributed by atoms with E-state index in [0.29, 0.717) is 35.0 Å². The average molecular weight is 515 g/mol. The molecule has 38 heavy (non-hydrogen) atoms. The van der Waals surface area contributed by atoms with Crippen molar-refractivity contribution in [2.24, 2.45) is 5.10 Å². The van der Waals surface area contributed by atoms with Gasteiger partial charge in [0.25, 0.3) is 0 Å². The fourth-order valence-corrected chi connectivity index (χ4v) is 4.99. The summed E-state index contributed by atoms with van der Waals surface area (Å²) in [5.74, 6) is 3.11. The second kappa shape index (κ2) is 10.4. The Morgan fingerprint density at radius 1 is 0.737 bits per heavy atom. The van der Waals surface area contributed by atoms with Gasteiger partial charge in [-0.25, -0.2) is 0 Å². The first-order chi connectivity index (χ1) is 18.5. The van der Waals surface area contributed by atoms with Gasteiger partial charge in [-0.05, 0) is 35.2 Å². The molecule has 4 aromatic carbocycles. The summed E-state index contributed by atoms with van der Waals surface area (Å²) in [5.41, 5.74) is 3.15. The fraction of sp³-hybridized carbons (Fsp3) is 0.233. The Hall–Kier alpha value is -4.59. The summed E-state index contributed by atoms with van der Waals surface area (Å²) in [6.07, 6.45) is 0.535. The zero-order valence-corrected chi connectivity index (χ0v) is 22.0. The summed E-state index contributed by atoms with van der Waals surface area (Å²) >= 11 is 0. The number of methoxy groups -OCH3 is 5.